The van der Waals surface area contributed by atoms with Gasteiger partial charge in [-0.15, -0.1) is 24.0 Å². The minimum atomic E-state index is -2.98. The maximum absolute atomic E-state index is 11.4. The van der Waals surface area contributed by atoms with Crippen molar-refractivity contribution in [3.8, 4) is 0 Å². The van der Waals surface area contributed by atoms with Gasteiger partial charge in [-0.1, -0.05) is 29.8 Å². The van der Waals surface area contributed by atoms with Crippen LogP contribution in [0.1, 0.15) is 31.9 Å². The number of guanidine groups is 1. The van der Waals surface area contributed by atoms with Gasteiger partial charge in [0.25, 0.3) is 0 Å². The van der Waals surface area contributed by atoms with Crippen molar-refractivity contribution in [3.63, 3.8) is 0 Å². The predicted molar refractivity (Wildman–Crippen MR) is 135 cm³/mol. The summed E-state index contributed by atoms with van der Waals surface area (Å²) >= 11 is 6.49. The van der Waals surface area contributed by atoms with E-state index in [2.05, 4.69) is 15.5 Å². The highest BCUT2D eigenvalue weighted by atomic mass is 127. The van der Waals surface area contributed by atoms with Gasteiger partial charge in [0.2, 0.25) is 0 Å². The highest BCUT2D eigenvalue weighted by Gasteiger charge is 2.24. The Labute approximate surface area is 202 Å². The summed E-state index contributed by atoms with van der Waals surface area (Å²) in [6.45, 7) is 8.30. The molecule has 2 N–H and O–H groups in total. The van der Waals surface area contributed by atoms with Crippen molar-refractivity contribution in [1.29, 1.82) is 0 Å². The van der Waals surface area contributed by atoms with Gasteiger partial charge < -0.3 is 15.4 Å². The second kappa shape index (κ2) is 13.7. The molecule has 0 spiro atoms. The van der Waals surface area contributed by atoms with Gasteiger partial charge in [0.15, 0.2) is 5.96 Å². The lowest BCUT2D eigenvalue weighted by atomic mass is 10.0. The zero-order chi connectivity index (χ0) is 21.3. The molecule has 1 aliphatic rings. The zero-order valence-electron chi connectivity index (χ0n) is 17.9. The van der Waals surface area contributed by atoms with Gasteiger partial charge in [0.1, 0.15) is 9.84 Å². The zero-order valence-corrected chi connectivity index (χ0v) is 21.8. The van der Waals surface area contributed by atoms with Crippen LogP contribution in [-0.4, -0.2) is 76.7 Å². The fraction of sp³-hybridized carbons (Fsp3) is 0.650. The van der Waals surface area contributed by atoms with E-state index in [0.29, 0.717) is 32.1 Å². The average molecular weight is 573 g/mol. The first-order valence-electron chi connectivity index (χ1n) is 10.1. The smallest absolute Gasteiger partial charge is 0.191 e. The standard InChI is InChI=1S/C20H33ClN4O3S.HI/c1-4-22-20(24-16(2)9-14-29(3,26)27)23-15-19(25-10-12-28-13-11-25)17-7-5-6-8-18(17)21;/h5-8,16,19H,4,9-15H2,1-3H3,(H2,22,23,24);1H. The fourth-order valence-corrected chi connectivity index (χ4v) is 4.28. The number of halogens is 2. The molecule has 1 saturated heterocycles. The number of hydrogen-bond acceptors (Lipinski definition) is 5. The first-order chi connectivity index (χ1) is 13.8. The van der Waals surface area contributed by atoms with Gasteiger partial charge in [-0.2, -0.15) is 0 Å². The van der Waals surface area contributed by atoms with Crippen molar-refractivity contribution in [3.05, 3.63) is 34.9 Å². The van der Waals surface area contributed by atoms with Gasteiger partial charge >= 0.3 is 0 Å². The molecule has 1 heterocycles. The lowest BCUT2D eigenvalue weighted by molar-refractivity contribution is 0.0180. The van der Waals surface area contributed by atoms with Gasteiger partial charge in [0, 0.05) is 37.0 Å². The SMILES string of the molecule is CCNC(=NCC(c1ccccc1Cl)N1CCOCC1)NC(C)CCS(C)(=O)=O.I. The molecule has 0 aliphatic carbocycles. The Kier molecular flexibility index (Phi) is 12.5. The minimum absolute atomic E-state index is 0. The summed E-state index contributed by atoms with van der Waals surface area (Å²) in [5.74, 6) is 0.829. The van der Waals surface area contributed by atoms with Crippen molar-refractivity contribution in [2.75, 3.05) is 51.4 Å². The molecule has 0 saturated carbocycles. The lowest BCUT2D eigenvalue weighted by Crippen LogP contribution is -2.44. The number of nitrogens with zero attached hydrogens (tertiary/aromatic N) is 2. The Morgan fingerprint density at radius 1 is 1.30 bits per heavy atom. The third kappa shape index (κ3) is 9.67. The van der Waals surface area contributed by atoms with E-state index < -0.39 is 9.84 Å². The fourth-order valence-electron chi connectivity index (χ4n) is 3.24. The molecule has 1 aromatic carbocycles. The van der Waals surface area contributed by atoms with Crippen molar-refractivity contribution >= 4 is 51.4 Å². The van der Waals surface area contributed by atoms with E-state index in [1.165, 1.54) is 6.26 Å². The van der Waals surface area contributed by atoms with Crippen LogP contribution in [-0.2, 0) is 14.6 Å². The van der Waals surface area contributed by atoms with Crippen molar-refractivity contribution in [2.45, 2.75) is 32.4 Å². The lowest BCUT2D eigenvalue weighted by Gasteiger charge is -2.34. The molecule has 0 bridgehead atoms. The number of ether oxygens (including phenoxy) is 1. The van der Waals surface area contributed by atoms with Crippen LogP contribution in [0.5, 0.6) is 0 Å². The summed E-state index contributed by atoms with van der Waals surface area (Å²) in [4.78, 5) is 7.15. The van der Waals surface area contributed by atoms with Crippen molar-refractivity contribution in [1.82, 2.24) is 15.5 Å². The largest absolute Gasteiger partial charge is 0.379 e. The summed E-state index contributed by atoms with van der Waals surface area (Å²) in [6.07, 6.45) is 1.79. The molecule has 172 valence electrons. The topological polar surface area (TPSA) is 83.0 Å². The van der Waals surface area contributed by atoms with Gasteiger partial charge in [-0.25, -0.2) is 8.42 Å². The van der Waals surface area contributed by atoms with Crippen LogP contribution in [0.3, 0.4) is 0 Å². The Morgan fingerprint density at radius 3 is 2.57 bits per heavy atom. The molecule has 0 amide bonds. The first-order valence-corrected chi connectivity index (χ1v) is 12.5. The normalized spacial score (nSPS) is 17.7. The maximum atomic E-state index is 11.4. The quantitative estimate of drug-likeness (QED) is 0.269. The monoisotopic (exact) mass is 572 g/mol. The van der Waals surface area contributed by atoms with Crippen LogP contribution in [0.2, 0.25) is 5.02 Å². The van der Waals surface area contributed by atoms with E-state index in [9.17, 15) is 8.42 Å². The molecule has 1 aromatic rings. The summed E-state index contributed by atoms with van der Waals surface area (Å²) in [7, 11) is -2.98. The number of nitrogens with one attached hydrogen (secondary N) is 2. The molecule has 0 aromatic heterocycles. The van der Waals surface area contributed by atoms with Gasteiger partial charge in [-0.3, -0.25) is 9.89 Å². The molecule has 2 atom stereocenters. The Morgan fingerprint density at radius 2 is 1.97 bits per heavy atom. The third-order valence-corrected chi connectivity index (χ3v) is 6.14. The first kappa shape index (κ1) is 27.4. The predicted octanol–water partition coefficient (Wildman–Crippen LogP) is 2.71. The molecular formula is C20H34ClIN4O3S. The van der Waals surface area contributed by atoms with Crippen LogP contribution in [0.25, 0.3) is 0 Å². The Balaban J connectivity index is 0.00000450. The molecule has 2 rings (SSSR count). The number of sulfone groups is 1. The Hall–Kier alpha value is -0.620. The number of aliphatic imine (C=N–C) groups is 1. The highest BCUT2D eigenvalue weighted by Crippen LogP contribution is 2.28. The van der Waals surface area contributed by atoms with Crippen LogP contribution in [0.15, 0.2) is 29.3 Å². The van der Waals surface area contributed by atoms with E-state index in [-0.39, 0.29) is 41.8 Å². The average Bonchev–Trinajstić information content (AvgIpc) is 2.68. The minimum Gasteiger partial charge on any atom is -0.379 e. The second-order valence-electron chi connectivity index (χ2n) is 7.37. The van der Waals surface area contributed by atoms with E-state index in [4.69, 9.17) is 21.3 Å². The molecule has 1 fully saturated rings. The van der Waals surface area contributed by atoms with Crippen molar-refractivity contribution in [2.24, 2.45) is 4.99 Å². The molecule has 30 heavy (non-hydrogen) atoms. The Bertz CT molecular complexity index is 773. The van der Waals surface area contributed by atoms with Crippen LogP contribution >= 0.6 is 35.6 Å². The molecule has 10 heteroatoms. The number of morpholine rings is 1. The van der Waals surface area contributed by atoms with E-state index in [1.807, 2.05) is 38.1 Å². The molecular weight excluding hydrogens is 539 g/mol. The van der Waals surface area contributed by atoms with E-state index in [1.54, 1.807) is 0 Å². The van der Waals surface area contributed by atoms with Gasteiger partial charge in [0.05, 0.1) is 31.6 Å². The van der Waals surface area contributed by atoms with Gasteiger partial charge in [-0.05, 0) is 31.9 Å². The van der Waals surface area contributed by atoms with E-state index >= 15 is 0 Å². The number of benzene rings is 1. The number of hydrogen-bond donors (Lipinski definition) is 2. The molecule has 1 aliphatic heterocycles. The summed E-state index contributed by atoms with van der Waals surface area (Å²) in [5.41, 5.74) is 1.06. The van der Waals surface area contributed by atoms with Crippen LogP contribution in [0.4, 0.5) is 0 Å². The van der Waals surface area contributed by atoms with Crippen molar-refractivity contribution < 1.29 is 13.2 Å². The summed E-state index contributed by atoms with van der Waals surface area (Å²) < 4.78 is 28.4. The molecule has 0 radical (unpaired) electrons. The highest BCUT2D eigenvalue weighted by molar-refractivity contribution is 14.0. The summed E-state index contributed by atoms with van der Waals surface area (Å²) in [6, 6.07) is 7.92. The molecule has 7 nitrogen and oxygen atoms in total. The van der Waals surface area contributed by atoms with E-state index in [0.717, 1.165) is 30.2 Å². The van der Waals surface area contributed by atoms with Crippen LogP contribution < -0.4 is 10.6 Å². The third-order valence-electron chi connectivity index (χ3n) is 4.82. The van der Waals surface area contributed by atoms with Crippen LogP contribution in [0, 0.1) is 0 Å². The second-order valence-corrected chi connectivity index (χ2v) is 10.0. The summed E-state index contributed by atoms with van der Waals surface area (Å²) in [5, 5.41) is 7.30. The number of rotatable bonds is 9. The molecule has 2 unspecified atom stereocenters. The maximum Gasteiger partial charge on any atom is 0.191 e.